The Kier molecular flexibility index (Phi) is 4.85. The third-order valence-electron chi connectivity index (χ3n) is 3.35. The monoisotopic (exact) mass is 268 g/mol. The van der Waals surface area contributed by atoms with E-state index in [1.165, 1.54) is 24.1 Å². The molecule has 0 spiro atoms. The van der Waals surface area contributed by atoms with Crippen LogP contribution in [0.4, 0.5) is 0 Å². The van der Waals surface area contributed by atoms with E-state index in [2.05, 4.69) is 17.5 Å². The summed E-state index contributed by atoms with van der Waals surface area (Å²) in [4.78, 5) is 1.25. The second-order valence-electron chi connectivity index (χ2n) is 4.57. The number of thiophene rings is 1. The highest BCUT2D eigenvalue weighted by atomic mass is 35.5. The fraction of sp³-hybridized carbons (Fsp3) is 0.615. The van der Waals surface area contributed by atoms with Gasteiger partial charge in [-0.1, -0.05) is 30.9 Å². The Morgan fingerprint density at radius 3 is 2.88 bits per heavy atom. The van der Waals surface area contributed by atoms with Gasteiger partial charge < -0.3 is 5.32 Å². The molecule has 1 N–H and O–H groups in total. The van der Waals surface area contributed by atoms with Gasteiger partial charge in [-0.15, -0.1) is 11.3 Å². The van der Waals surface area contributed by atoms with E-state index in [0.29, 0.717) is 6.04 Å². The lowest BCUT2D eigenvalue weighted by atomic mass is 9.96. The third-order valence-corrected chi connectivity index (χ3v) is 4.58. The van der Waals surface area contributed by atoms with E-state index in [-0.39, 0.29) is 5.92 Å². The van der Waals surface area contributed by atoms with Crippen molar-refractivity contribution in [1.82, 2.24) is 5.32 Å². The van der Waals surface area contributed by atoms with E-state index < -0.39 is 0 Å². The van der Waals surface area contributed by atoms with Crippen LogP contribution in [0.2, 0.25) is 4.34 Å². The molecule has 4 heteroatoms. The molecular formula is C13H17ClN2S. The molecule has 92 valence electrons. The predicted molar refractivity (Wildman–Crippen MR) is 72.1 cm³/mol. The summed E-state index contributed by atoms with van der Waals surface area (Å²) in [5.74, 6) is 0.174. The van der Waals surface area contributed by atoms with Gasteiger partial charge in [0, 0.05) is 17.5 Å². The fourth-order valence-electron chi connectivity index (χ4n) is 2.38. The summed E-state index contributed by atoms with van der Waals surface area (Å²) >= 11 is 7.51. The van der Waals surface area contributed by atoms with Gasteiger partial charge in [-0.2, -0.15) is 5.26 Å². The van der Waals surface area contributed by atoms with E-state index in [0.717, 1.165) is 23.7 Å². The van der Waals surface area contributed by atoms with Crippen molar-refractivity contribution < 1.29 is 0 Å². The second-order valence-corrected chi connectivity index (χ2v) is 6.37. The maximum absolute atomic E-state index is 9.18. The van der Waals surface area contributed by atoms with E-state index in [1.54, 1.807) is 11.3 Å². The molecular weight excluding hydrogens is 252 g/mol. The van der Waals surface area contributed by atoms with E-state index in [1.807, 2.05) is 6.07 Å². The van der Waals surface area contributed by atoms with Crippen molar-refractivity contribution in [3.63, 3.8) is 0 Å². The van der Waals surface area contributed by atoms with E-state index in [4.69, 9.17) is 11.6 Å². The minimum atomic E-state index is 0.174. The first-order valence-electron chi connectivity index (χ1n) is 6.17. The summed E-state index contributed by atoms with van der Waals surface area (Å²) < 4.78 is 0.833. The van der Waals surface area contributed by atoms with Crippen LogP contribution in [0.1, 0.15) is 37.0 Å². The average molecular weight is 269 g/mol. The molecule has 0 amide bonds. The normalized spacial score (nSPS) is 25.2. The molecule has 0 aliphatic heterocycles. The summed E-state index contributed by atoms with van der Waals surface area (Å²) in [6.45, 7) is 0.834. The van der Waals surface area contributed by atoms with Crippen molar-refractivity contribution in [2.45, 2.75) is 44.7 Å². The van der Waals surface area contributed by atoms with Gasteiger partial charge in [0.2, 0.25) is 0 Å². The van der Waals surface area contributed by atoms with Crippen LogP contribution in [-0.2, 0) is 6.54 Å². The summed E-state index contributed by atoms with van der Waals surface area (Å²) in [6, 6.07) is 6.78. The number of nitrogens with zero attached hydrogens (tertiary/aromatic N) is 1. The minimum Gasteiger partial charge on any atom is -0.308 e. The van der Waals surface area contributed by atoms with Gasteiger partial charge in [0.25, 0.3) is 0 Å². The van der Waals surface area contributed by atoms with Crippen LogP contribution in [0, 0.1) is 17.2 Å². The SMILES string of the molecule is N#CC1CCCCCC1NCc1ccc(Cl)s1. The molecule has 0 bridgehead atoms. The third kappa shape index (κ3) is 3.70. The van der Waals surface area contributed by atoms with Crippen LogP contribution in [-0.4, -0.2) is 6.04 Å². The van der Waals surface area contributed by atoms with E-state index in [9.17, 15) is 5.26 Å². The van der Waals surface area contributed by atoms with Gasteiger partial charge in [-0.05, 0) is 25.0 Å². The average Bonchev–Trinajstić information content (AvgIpc) is 2.63. The lowest BCUT2D eigenvalue weighted by Gasteiger charge is -2.20. The van der Waals surface area contributed by atoms with Gasteiger partial charge in [0.05, 0.1) is 16.3 Å². The highest BCUT2D eigenvalue weighted by Crippen LogP contribution is 2.25. The highest BCUT2D eigenvalue weighted by molar-refractivity contribution is 7.16. The molecule has 1 heterocycles. The standard InChI is InChI=1S/C13H17ClN2S/c14-13-7-6-11(17-13)9-16-12-5-3-1-2-4-10(12)8-15/h6-7,10,12,16H,1-5,9H2. The Labute approximate surface area is 112 Å². The van der Waals surface area contributed by atoms with Crippen LogP contribution in [0.15, 0.2) is 12.1 Å². The minimum absolute atomic E-state index is 0.174. The largest absolute Gasteiger partial charge is 0.308 e. The van der Waals surface area contributed by atoms with Gasteiger partial charge >= 0.3 is 0 Å². The first-order valence-corrected chi connectivity index (χ1v) is 7.36. The Morgan fingerprint density at radius 2 is 2.18 bits per heavy atom. The molecule has 2 rings (SSSR count). The molecule has 2 atom stereocenters. The number of nitriles is 1. The van der Waals surface area contributed by atoms with Gasteiger partial charge in [0.1, 0.15) is 0 Å². The van der Waals surface area contributed by atoms with Crippen molar-refractivity contribution in [2.75, 3.05) is 0 Å². The molecule has 1 aromatic rings. The Hall–Kier alpha value is -0.560. The molecule has 17 heavy (non-hydrogen) atoms. The Bertz CT molecular complexity index is 396. The van der Waals surface area contributed by atoms with Gasteiger partial charge in [-0.3, -0.25) is 0 Å². The molecule has 2 unspecified atom stereocenters. The number of nitrogens with one attached hydrogen (secondary N) is 1. The van der Waals surface area contributed by atoms with Crippen molar-refractivity contribution >= 4 is 22.9 Å². The molecule has 1 aliphatic carbocycles. The summed E-state index contributed by atoms with van der Waals surface area (Å²) in [7, 11) is 0. The Morgan fingerprint density at radius 1 is 1.35 bits per heavy atom. The molecule has 0 aromatic carbocycles. The van der Waals surface area contributed by atoms with Crippen LogP contribution >= 0.6 is 22.9 Å². The highest BCUT2D eigenvalue weighted by Gasteiger charge is 2.22. The van der Waals surface area contributed by atoms with Crippen molar-refractivity contribution in [3.05, 3.63) is 21.3 Å². The predicted octanol–water partition coefficient (Wildman–Crippen LogP) is 3.96. The van der Waals surface area contributed by atoms with Crippen LogP contribution in [0.25, 0.3) is 0 Å². The molecule has 1 fully saturated rings. The van der Waals surface area contributed by atoms with Crippen molar-refractivity contribution in [3.8, 4) is 6.07 Å². The zero-order valence-corrected chi connectivity index (χ0v) is 11.4. The maximum atomic E-state index is 9.18. The first-order chi connectivity index (χ1) is 8.29. The molecule has 1 saturated carbocycles. The first kappa shape index (κ1) is 12.9. The molecule has 2 nitrogen and oxygen atoms in total. The lowest BCUT2D eigenvalue weighted by molar-refractivity contribution is 0.395. The number of rotatable bonds is 3. The summed E-state index contributed by atoms with van der Waals surface area (Å²) in [6.07, 6.45) is 5.86. The zero-order valence-electron chi connectivity index (χ0n) is 9.79. The van der Waals surface area contributed by atoms with Crippen LogP contribution in [0.5, 0.6) is 0 Å². The number of halogens is 1. The van der Waals surface area contributed by atoms with E-state index >= 15 is 0 Å². The molecule has 1 aliphatic rings. The van der Waals surface area contributed by atoms with Gasteiger partial charge in [-0.25, -0.2) is 0 Å². The topological polar surface area (TPSA) is 35.8 Å². The van der Waals surface area contributed by atoms with Gasteiger partial charge in [0.15, 0.2) is 0 Å². The summed E-state index contributed by atoms with van der Waals surface area (Å²) in [5, 5.41) is 12.7. The van der Waals surface area contributed by atoms with Crippen LogP contribution in [0.3, 0.4) is 0 Å². The number of hydrogen-bond acceptors (Lipinski definition) is 3. The van der Waals surface area contributed by atoms with Crippen molar-refractivity contribution in [2.24, 2.45) is 5.92 Å². The fourth-order valence-corrected chi connectivity index (χ4v) is 3.42. The molecule has 0 radical (unpaired) electrons. The number of hydrogen-bond donors (Lipinski definition) is 1. The second kappa shape index (κ2) is 6.39. The maximum Gasteiger partial charge on any atom is 0.0931 e. The zero-order chi connectivity index (χ0) is 12.1. The van der Waals surface area contributed by atoms with Crippen LogP contribution < -0.4 is 5.32 Å². The quantitative estimate of drug-likeness (QED) is 0.842. The van der Waals surface area contributed by atoms with Crippen molar-refractivity contribution in [1.29, 1.82) is 5.26 Å². The summed E-state index contributed by atoms with van der Waals surface area (Å²) in [5.41, 5.74) is 0. The Balaban J connectivity index is 1.90. The lowest BCUT2D eigenvalue weighted by Crippen LogP contribution is -2.34. The molecule has 1 aromatic heterocycles. The smallest absolute Gasteiger partial charge is 0.0931 e. The molecule has 0 saturated heterocycles.